The molecule has 0 amide bonds. The maximum atomic E-state index is 13.1. The van der Waals surface area contributed by atoms with Crippen LogP contribution >= 0.6 is 11.6 Å². The Bertz CT molecular complexity index is 575. The Morgan fingerprint density at radius 1 is 1.15 bits per heavy atom. The molecule has 106 valence electrons. The Balaban J connectivity index is 2.16. The van der Waals surface area contributed by atoms with E-state index in [-0.39, 0.29) is 11.1 Å². The highest BCUT2D eigenvalue weighted by atomic mass is 35.5. The predicted octanol–water partition coefficient (Wildman–Crippen LogP) is 3.57. The summed E-state index contributed by atoms with van der Waals surface area (Å²) in [6.45, 7) is 0.293. The Morgan fingerprint density at radius 2 is 1.80 bits per heavy atom. The van der Waals surface area contributed by atoms with Crippen LogP contribution in [0, 0.1) is 5.82 Å². The van der Waals surface area contributed by atoms with Gasteiger partial charge in [-0.15, -0.1) is 0 Å². The molecule has 0 aromatic heterocycles. The first-order valence-electron chi connectivity index (χ1n) is 6.09. The largest absolute Gasteiger partial charge is 0.497 e. The van der Waals surface area contributed by atoms with Crippen molar-refractivity contribution in [1.82, 2.24) is 0 Å². The van der Waals surface area contributed by atoms with Gasteiger partial charge in [-0.3, -0.25) is 0 Å². The average Bonchev–Trinajstić information content (AvgIpc) is 2.48. The first-order valence-corrected chi connectivity index (χ1v) is 6.47. The van der Waals surface area contributed by atoms with Crippen molar-refractivity contribution < 1.29 is 13.9 Å². The third-order valence-electron chi connectivity index (χ3n) is 2.87. The van der Waals surface area contributed by atoms with Gasteiger partial charge < -0.3 is 15.2 Å². The molecule has 0 heterocycles. The molecule has 0 aliphatic carbocycles. The first-order chi connectivity index (χ1) is 9.63. The summed E-state index contributed by atoms with van der Waals surface area (Å²) in [6, 6.07) is 11.6. The van der Waals surface area contributed by atoms with E-state index >= 15 is 0 Å². The molecule has 2 aromatic carbocycles. The van der Waals surface area contributed by atoms with E-state index < -0.39 is 5.82 Å². The summed E-state index contributed by atoms with van der Waals surface area (Å²) in [4.78, 5) is 0. The molecule has 20 heavy (non-hydrogen) atoms. The number of hydrogen-bond acceptors (Lipinski definition) is 3. The van der Waals surface area contributed by atoms with E-state index in [2.05, 4.69) is 0 Å². The fourth-order valence-corrected chi connectivity index (χ4v) is 1.96. The molecular formula is C15H15ClFNO2. The summed E-state index contributed by atoms with van der Waals surface area (Å²) < 4.78 is 23.9. The van der Waals surface area contributed by atoms with Crippen molar-refractivity contribution in [2.45, 2.75) is 6.10 Å². The minimum absolute atomic E-state index is 0.0213. The Hall–Kier alpha value is -1.78. The molecule has 0 bridgehead atoms. The van der Waals surface area contributed by atoms with Crippen LogP contribution in [0.15, 0.2) is 42.5 Å². The van der Waals surface area contributed by atoms with E-state index in [4.69, 9.17) is 26.8 Å². The van der Waals surface area contributed by atoms with Crippen LogP contribution in [-0.4, -0.2) is 13.7 Å². The number of hydrogen-bond donors (Lipinski definition) is 1. The van der Waals surface area contributed by atoms with E-state index in [9.17, 15) is 4.39 Å². The van der Waals surface area contributed by atoms with Crippen LogP contribution < -0.4 is 15.2 Å². The monoisotopic (exact) mass is 295 g/mol. The van der Waals surface area contributed by atoms with Crippen LogP contribution in [0.1, 0.15) is 11.7 Å². The Morgan fingerprint density at radius 3 is 2.35 bits per heavy atom. The van der Waals surface area contributed by atoms with Crippen molar-refractivity contribution in [2.75, 3.05) is 13.7 Å². The zero-order chi connectivity index (χ0) is 14.5. The van der Waals surface area contributed by atoms with E-state index in [1.165, 1.54) is 18.2 Å². The zero-order valence-corrected chi connectivity index (χ0v) is 11.7. The Labute approximate surface area is 122 Å². The van der Waals surface area contributed by atoms with Gasteiger partial charge in [0.2, 0.25) is 0 Å². The van der Waals surface area contributed by atoms with Crippen LogP contribution in [-0.2, 0) is 0 Å². The third kappa shape index (κ3) is 3.40. The topological polar surface area (TPSA) is 44.5 Å². The number of halogens is 2. The van der Waals surface area contributed by atoms with E-state index in [0.717, 1.165) is 11.3 Å². The predicted molar refractivity (Wildman–Crippen MR) is 76.8 cm³/mol. The van der Waals surface area contributed by atoms with Crippen LogP contribution in [0.5, 0.6) is 11.5 Å². The van der Waals surface area contributed by atoms with Crippen molar-refractivity contribution in [3.8, 4) is 11.5 Å². The first kappa shape index (κ1) is 14.6. The second-order valence-corrected chi connectivity index (χ2v) is 4.60. The summed E-state index contributed by atoms with van der Waals surface area (Å²) in [6.07, 6.45) is -0.331. The number of nitrogens with two attached hydrogens (primary N) is 1. The van der Waals surface area contributed by atoms with Crippen LogP contribution in [0.4, 0.5) is 4.39 Å². The van der Waals surface area contributed by atoms with Gasteiger partial charge in [-0.2, -0.15) is 0 Å². The SMILES string of the molecule is COc1ccc(C(CN)Oc2ccc(F)c(Cl)c2)cc1. The van der Waals surface area contributed by atoms with Gasteiger partial charge in [-0.05, 0) is 29.8 Å². The molecule has 0 aliphatic heterocycles. The lowest BCUT2D eigenvalue weighted by Crippen LogP contribution is -2.18. The molecule has 0 saturated carbocycles. The lowest BCUT2D eigenvalue weighted by atomic mass is 10.1. The maximum absolute atomic E-state index is 13.1. The summed E-state index contributed by atoms with van der Waals surface area (Å²) in [7, 11) is 1.60. The normalized spacial score (nSPS) is 12.0. The lowest BCUT2D eigenvalue weighted by Gasteiger charge is -2.18. The van der Waals surface area contributed by atoms with E-state index in [1.807, 2.05) is 24.3 Å². The van der Waals surface area contributed by atoms with E-state index in [1.54, 1.807) is 7.11 Å². The van der Waals surface area contributed by atoms with Gasteiger partial charge in [-0.25, -0.2) is 4.39 Å². The molecule has 1 atom stereocenters. The summed E-state index contributed by atoms with van der Waals surface area (Å²) in [5, 5.41) is 0.0213. The molecule has 5 heteroatoms. The second-order valence-electron chi connectivity index (χ2n) is 4.19. The second kappa shape index (κ2) is 6.59. The molecule has 1 unspecified atom stereocenters. The highest BCUT2D eigenvalue weighted by molar-refractivity contribution is 6.30. The van der Waals surface area contributed by atoms with Gasteiger partial charge >= 0.3 is 0 Å². The summed E-state index contributed by atoms with van der Waals surface area (Å²) >= 11 is 5.72. The van der Waals surface area contributed by atoms with Crippen molar-refractivity contribution in [2.24, 2.45) is 5.73 Å². The minimum atomic E-state index is -0.479. The molecule has 3 nitrogen and oxygen atoms in total. The zero-order valence-electron chi connectivity index (χ0n) is 11.0. The van der Waals surface area contributed by atoms with Gasteiger partial charge in [0.1, 0.15) is 23.4 Å². The smallest absolute Gasteiger partial charge is 0.142 e. The van der Waals surface area contributed by atoms with Crippen molar-refractivity contribution >= 4 is 11.6 Å². The van der Waals surface area contributed by atoms with Crippen molar-refractivity contribution in [3.05, 3.63) is 58.9 Å². The number of rotatable bonds is 5. The highest BCUT2D eigenvalue weighted by Gasteiger charge is 2.12. The lowest BCUT2D eigenvalue weighted by molar-refractivity contribution is 0.214. The standard InChI is InChI=1S/C15H15ClFNO2/c1-19-11-4-2-10(3-5-11)15(9-18)20-12-6-7-14(17)13(16)8-12/h2-8,15H,9,18H2,1H3. The van der Waals surface area contributed by atoms with Gasteiger partial charge in [-0.1, -0.05) is 23.7 Å². The fourth-order valence-electron chi connectivity index (χ4n) is 1.79. The quantitative estimate of drug-likeness (QED) is 0.917. The molecule has 0 aliphatic rings. The number of ether oxygens (including phenoxy) is 2. The molecule has 0 saturated heterocycles. The van der Waals surface area contributed by atoms with Gasteiger partial charge in [0.15, 0.2) is 0 Å². The maximum Gasteiger partial charge on any atom is 0.142 e. The van der Waals surface area contributed by atoms with Gasteiger partial charge in [0, 0.05) is 12.6 Å². The Kier molecular flexibility index (Phi) is 4.82. The summed E-state index contributed by atoms with van der Waals surface area (Å²) in [5.74, 6) is 0.754. The minimum Gasteiger partial charge on any atom is -0.497 e. The molecule has 2 rings (SSSR count). The summed E-state index contributed by atoms with van der Waals surface area (Å²) in [5.41, 5.74) is 6.64. The van der Waals surface area contributed by atoms with Crippen LogP contribution in [0.3, 0.4) is 0 Å². The van der Waals surface area contributed by atoms with E-state index in [0.29, 0.717) is 12.3 Å². The molecular weight excluding hydrogens is 281 g/mol. The number of benzene rings is 2. The van der Waals surface area contributed by atoms with Crippen LogP contribution in [0.25, 0.3) is 0 Å². The van der Waals surface area contributed by atoms with Crippen LogP contribution in [0.2, 0.25) is 5.02 Å². The van der Waals surface area contributed by atoms with Crippen molar-refractivity contribution in [1.29, 1.82) is 0 Å². The highest BCUT2D eigenvalue weighted by Crippen LogP contribution is 2.26. The molecule has 2 N–H and O–H groups in total. The third-order valence-corrected chi connectivity index (χ3v) is 3.16. The molecule has 0 radical (unpaired) electrons. The number of methoxy groups -OCH3 is 1. The molecule has 0 fully saturated rings. The van der Waals surface area contributed by atoms with Gasteiger partial charge in [0.05, 0.1) is 12.1 Å². The molecule has 2 aromatic rings. The molecule has 0 spiro atoms. The fraction of sp³-hybridized carbons (Fsp3) is 0.200. The average molecular weight is 296 g/mol. The van der Waals surface area contributed by atoms with Crippen molar-refractivity contribution in [3.63, 3.8) is 0 Å². The van der Waals surface area contributed by atoms with Gasteiger partial charge in [0.25, 0.3) is 0 Å².